The van der Waals surface area contributed by atoms with Gasteiger partial charge in [0.2, 0.25) is 5.91 Å². The van der Waals surface area contributed by atoms with Crippen molar-refractivity contribution in [3.63, 3.8) is 0 Å². The van der Waals surface area contributed by atoms with Crippen molar-refractivity contribution in [1.82, 2.24) is 4.90 Å². The summed E-state index contributed by atoms with van der Waals surface area (Å²) in [5.74, 6) is 0.694. The fourth-order valence-electron chi connectivity index (χ4n) is 5.67. The Morgan fingerprint density at radius 1 is 0.861 bits per heavy atom. The van der Waals surface area contributed by atoms with Gasteiger partial charge in [-0.15, -0.1) is 0 Å². The third-order valence-corrected chi connectivity index (χ3v) is 7.42. The van der Waals surface area contributed by atoms with Crippen molar-refractivity contribution in [3.05, 3.63) is 89.5 Å². The number of hydrogen-bond acceptors (Lipinski definition) is 4. The van der Waals surface area contributed by atoms with E-state index in [0.29, 0.717) is 17.0 Å². The smallest absolute Gasteiger partial charge is 0.254 e. The molecule has 3 aromatic rings. The number of nitrogens with one attached hydrogen (secondary N) is 1. The number of carbonyl (C=O) groups is 2. The molecule has 1 aliphatic heterocycles. The molecule has 1 fully saturated rings. The molecule has 5 rings (SSSR count). The minimum Gasteiger partial charge on any atom is -0.497 e. The molecule has 0 saturated heterocycles. The Hall–Kier alpha value is -3.80. The Kier molecular flexibility index (Phi) is 6.94. The van der Waals surface area contributed by atoms with Crippen LogP contribution in [0.2, 0.25) is 0 Å². The highest BCUT2D eigenvalue weighted by Crippen LogP contribution is 2.46. The zero-order chi connectivity index (χ0) is 25.1. The Morgan fingerprint density at radius 3 is 2.31 bits per heavy atom. The van der Waals surface area contributed by atoms with Crippen molar-refractivity contribution in [2.75, 3.05) is 19.5 Å². The quantitative estimate of drug-likeness (QED) is 0.469. The maximum atomic E-state index is 14.1. The molecule has 1 saturated carbocycles. The molecular formula is C30H32N2O4. The van der Waals surface area contributed by atoms with Gasteiger partial charge in [-0.05, 0) is 54.3 Å². The number of rotatable bonds is 6. The highest BCUT2D eigenvalue weighted by atomic mass is 16.5. The van der Waals surface area contributed by atoms with Gasteiger partial charge in [0.1, 0.15) is 11.5 Å². The Bertz CT molecular complexity index is 1230. The zero-order valence-electron chi connectivity index (χ0n) is 20.8. The van der Waals surface area contributed by atoms with Crippen LogP contribution < -0.4 is 14.8 Å². The van der Waals surface area contributed by atoms with Gasteiger partial charge < -0.3 is 19.7 Å². The molecule has 2 amide bonds. The number of methoxy groups -OCH3 is 2. The van der Waals surface area contributed by atoms with E-state index in [-0.39, 0.29) is 17.9 Å². The van der Waals surface area contributed by atoms with Crippen LogP contribution in [0.3, 0.4) is 0 Å². The lowest BCUT2D eigenvalue weighted by molar-refractivity contribution is -0.119. The number of carbonyl (C=O) groups excluding carboxylic acids is 2. The summed E-state index contributed by atoms with van der Waals surface area (Å²) in [7, 11) is 3.24. The summed E-state index contributed by atoms with van der Waals surface area (Å²) in [6.45, 7) is 0. The standard InChI is InChI=1S/C30H32N2O4/c1-35-23-17-15-20(16-18-23)28-27(29(33)31-21-9-8-12-24(19-21)36-2)25-13-6-7-14-26(25)30(34)32(28)22-10-4-3-5-11-22/h6-9,12-19,22,27-28H,3-5,10-11H2,1-2H3,(H,31,33)/t27-,28+/m0/s1. The van der Waals surface area contributed by atoms with Gasteiger partial charge in [-0.25, -0.2) is 0 Å². The topological polar surface area (TPSA) is 67.9 Å². The van der Waals surface area contributed by atoms with Crippen LogP contribution in [0.5, 0.6) is 11.5 Å². The summed E-state index contributed by atoms with van der Waals surface area (Å²) < 4.78 is 10.7. The van der Waals surface area contributed by atoms with E-state index in [1.54, 1.807) is 20.3 Å². The number of fused-ring (bicyclic) bond motifs is 1. The first-order valence-corrected chi connectivity index (χ1v) is 12.6. The van der Waals surface area contributed by atoms with Crippen molar-refractivity contribution in [1.29, 1.82) is 0 Å². The first-order chi connectivity index (χ1) is 17.6. The second-order valence-corrected chi connectivity index (χ2v) is 9.51. The van der Waals surface area contributed by atoms with E-state index >= 15 is 0 Å². The first-order valence-electron chi connectivity index (χ1n) is 12.6. The SMILES string of the molecule is COc1ccc([C@@H]2[C@@H](C(=O)Nc3cccc(OC)c3)c3ccccc3C(=O)N2C2CCCCC2)cc1. The van der Waals surface area contributed by atoms with Crippen molar-refractivity contribution >= 4 is 17.5 Å². The average Bonchev–Trinajstić information content (AvgIpc) is 2.93. The largest absolute Gasteiger partial charge is 0.497 e. The predicted octanol–water partition coefficient (Wildman–Crippen LogP) is 5.96. The molecule has 6 nitrogen and oxygen atoms in total. The fraction of sp³-hybridized carbons (Fsp3) is 0.333. The summed E-state index contributed by atoms with van der Waals surface area (Å²) in [5.41, 5.74) is 2.95. The number of nitrogens with zero attached hydrogens (tertiary/aromatic N) is 1. The summed E-state index contributed by atoms with van der Waals surface area (Å²) in [6.07, 6.45) is 5.26. The third kappa shape index (κ3) is 4.55. The van der Waals surface area contributed by atoms with Gasteiger partial charge in [0, 0.05) is 23.4 Å². The lowest BCUT2D eigenvalue weighted by Crippen LogP contribution is -2.51. The number of ether oxygens (including phenoxy) is 2. The minimum atomic E-state index is -0.569. The third-order valence-electron chi connectivity index (χ3n) is 7.42. The van der Waals surface area contributed by atoms with Crippen LogP contribution in [-0.2, 0) is 4.79 Å². The molecule has 0 unspecified atom stereocenters. The van der Waals surface area contributed by atoms with Crippen LogP contribution in [0.4, 0.5) is 5.69 Å². The average molecular weight is 485 g/mol. The summed E-state index contributed by atoms with van der Waals surface area (Å²) in [5, 5.41) is 3.11. The molecule has 1 heterocycles. The molecule has 2 aliphatic rings. The molecule has 0 radical (unpaired) electrons. The lowest BCUT2D eigenvalue weighted by atomic mass is 9.77. The van der Waals surface area contributed by atoms with Gasteiger partial charge in [-0.2, -0.15) is 0 Å². The number of hydrogen-bond donors (Lipinski definition) is 1. The molecule has 1 N–H and O–H groups in total. The van der Waals surface area contributed by atoms with E-state index in [1.165, 1.54) is 6.42 Å². The molecule has 186 valence electrons. The molecule has 0 spiro atoms. The van der Waals surface area contributed by atoms with Crippen LogP contribution in [0, 0.1) is 0 Å². The van der Waals surface area contributed by atoms with Gasteiger partial charge in [0.25, 0.3) is 5.91 Å². The van der Waals surface area contributed by atoms with Gasteiger partial charge >= 0.3 is 0 Å². The summed E-state index contributed by atoms with van der Waals surface area (Å²) in [4.78, 5) is 30.0. The molecule has 36 heavy (non-hydrogen) atoms. The van der Waals surface area contributed by atoms with Crippen LogP contribution in [-0.4, -0.2) is 37.0 Å². The fourth-order valence-corrected chi connectivity index (χ4v) is 5.67. The highest BCUT2D eigenvalue weighted by molar-refractivity contribution is 6.04. The molecular weight excluding hydrogens is 452 g/mol. The second kappa shape index (κ2) is 10.4. The number of anilines is 1. The monoisotopic (exact) mass is 484 g/mol. The van der Waals surface area contributed by atoms with E-state index in [0.717, 1.165) is 42.6 Å². The Balaban J connectivity index is 1.62. The summed E-state index contributed by atoms with van der Waals surface area (Å²) in [6, 6.07) is 22.3. The van der Waals surface area contributed by atoms with E-state index in [9.17, 15) is 9.59 Å². The molecule has 3 aromatic carbocycles. The van der Waals surface area contributed by atoms with Crippen LogP contribution in [0.15, 0.2) is 72.8 Å². The Morgan fingerprint density at radius 2 is 1.58 bits per heavy atom. The van der Waals surface area contributed by atoms with Crippen LogP contribution >= 0.6 is 0 Å². The van der Waals surface area contributed by atoms with Crippen molar-refractivity contribution in [2.45, 2.75) is 50.1 Å². The van der Waals surface area contributed by atoms with E-state index < -0.39 is 12.0 Å². The van der Waals surface area contributed by atoms with Crippen LogP contribution in [0.25, 0.3) is 0 Å². The van der Waals surface area contributed by atoms with Gasteiger partial charge in [-0.1, -0.05) is 55.7 Å². The normalized spacial score (nSPS) is 19.9. The van der Waals surface area contributed by atoms with E-state index in [1.807, 2.05) is 71.6 Å². The number of benzene rings is 3. The highest BCUT2D eigenvalue weighted by Gasteiger charge is 2.46. The first kappa shape index (κ1) is 23.9. The van der Waals surface area contributed by atoms with Gasteiger partial charge in [0.15, 0.2) is 0 Å². The van der Waals surface area contributed by atoms with Gasteiger partial charge in [0.05, 0.1) is 26.2 Å². The lowest BCUT2D eigenvalue weighted by Gasteiger charge is -2.46. The Labute approximate surface area is 212 Å². The number of amides is 2. The van der Waals surface area contributed by atoms with Crippen molar-refractivity contribution < 1.29 is 19.1 Å². The molecule has 0 bridgehead atoms. The zero-order valence-corrected chi connectivity index (χ0v) is 20.8. The second-order valence-electron chi connectivity index (χ2n) is 9.51. The molecule has 0 aromatic heterocycles. The maximum absolute atomic E-state index is 14.1. The van der Waals surface area contributed by atoms with Crippen molar-refractivity contribution in [3.8, 4) is 11.5 Å². The summed E-state index contributed by atoms with van der Waals surface area (Å²) >= 11 is 0. The maximum Gasteiger partial charge on any atom is 0.254 e. The van der Waals surface area contributed by atoms with E-state index in [2.05, 4.69) is 5.32 Å². The van der Waals surface area contributed by atoms with Gasteiger partial charge in [-0.3, -0.25) is 9.59 Å². The predicted molar refractivity (Wildman–Crippen MR) is 140 cm³/mol. The molecule has 1 aliphatic carbocycles. The van der Waals surface area contributed by atoms with Crippen LogP contribution in [0.1, 0.15) is 65.5 Å². The molecule has 2 atom stereocenters. The van der Waals surface area contributed by atoms with E-state index in [4.69, 9.17) is 9.47 Å². The minimum absolute atomic E-state index is 0.00347. The molecule has 6 heteroatoms. The van der Waals surface area contributed by atoms with Crippen molar-refractivity contribution in [2.24, 2.45) is 0 Å².